The summed E-state index contributed by atoms with van der Waals surface area (Å²) in [5, 5.41) is 0.303. The molecule has 1 aromatic rings. The fourth-order valence-electron chi connectivity index (χ4n) is 0.920. The SMILES string of the molecule is CC(C)(C)c1nccc([S@@](C)(=N)=O)n1. The van der Waals surface area contributed by atoms with Gasteiger partial charge in [0.2, 0.25) is 0 Å². The van der Waals surface area contributed by atoms with E-state index in [-0.39, 0.29) is 5.41 Å². The van der Waals surface area contributed by atoms with Crippen molar-refractivity contribution in [2.45, 2.75) is 31.2 Å². The van der Waals surface area contributed by atoms with Crippen LogP contribution in [0, 0.1) is 4.78 Å². The van der Waals surface area contributed by atoms with Crippen LogP contribution in [0.1, 0.15) is 26.6 Å². The lowest BCUT2D eigenvalue weighted by molar-refractivity contribution is 0.537. The lowest BCUT2D eigenvalue weighted by atomic mass is 9.96. The highest BCUT2D eigenvalue weighted by Crippen LogP contribution is 2.18. The van der Waals surface area contributed by atoms with E-state index in [1.807, 2.05) is 20.8 Å². The minimum absolute atomic E-state index is 0.180. The zero-order chi connectivity index (χ0) is 11.0. The van der Waals surface area contributed by atoms with Crippen molar-refractivity contribution in [1.82, 2.24) is 9.97 Å². The molecular formula is C9H15N3OS. The van der Waals surface area contributed by atoms with Crippen molar-refractivity contribution in [3.05, 3.63) is 18.1 Å². The number of hydrogen-bond acceptors (Lipinski definition) is 4. The third-order valence-corrected chi connectivity index (χ3v) is 2.73. The molecule has 0 saturated heterocycles. The summed E-state index contributed by atoms with van der Waals surface area (Å²) in [6, 6.07) is 1.53. The van der Waals surface area contributed by atoms with Crippen LogP contribution in [0.5, 0.6) is 0 Å². The van der Waals surface area contributed by atoms with Crippen molar-refractivity contribution in [3.63, 3.8) is 0 Å². The summed E-state index contributed by atoms with van der Waals surface area (Å²) in [5.74, 6) is 0.622. The first-order chi connectivity index (χ1) is 6.21. The zero-order valence-electron chi connectivity index (χ0n) is 8.87. The maximum Gasteiger partial charge on any atom is 0.139 e. The number of rotatable bonds is 1. The number of aromatic nitrogens is 2. The van der Waals surface area contributed by atoms with Gasteiger partial charge in [0, 0.05) is 17.9 Å². The second-order valence-electron chi connectivity index (χ2n) is 4.31. The first-order valence-electron chi connectivity index (χ1n) is 4.28. The monoisotopic (exact) mass is 213 g/mol. The molecular weight excluding hydrogens is 198 g/mol. The molecule has 1 aromatic heterocycles. The molecule has 1 heterocycles. The second-order valence-corrected chi connectivity index (χ2v) is 6.42. The van der Waals surface area contributed by atoms with Gasteiger partial charge in [0.1, 0.15) is 10.9 Å². The molecule has 78 valence electrons. The summed E-state index contributed by atoms with van der Waals surface area (Å²) in [6.45, 7) is 5.94. The predicted molar refractivity (Wildman–Crippen MR) is 55.8 cm³/mol. The van der Waals surface area contributed by atoms with E-state index in [2.05, 4.69) is 9.97 Å². The summed E-state index contributed by atoms with van der Waals surface area (Å²) in [7, 11) is -2.74. The average molecular weight is 213 g/mol. The highest BCUT2D eigenvalue weighted by Gasteiger charge is 2.18. The summed E-state index contributed by atoms with van der Waals surface area (Å²) >= 11 is 0. The standard InChI is InChI=1S/C9H15N3OS/c1-9(2,3)8-11-6-5-7(12-8)14(4,10)13/h5-6,10H,1-4H3/t14-/m0/s1. The highest BCUT2D eigenvalue weighted by molar-refractivity contribution is 7.91. The molecule has 5 heteroatoms. The minimum Gasteiger partial charge on any atom is -0.248 e. The lowest BCUT2D eigenvalue weighted by Gasteiger charge is -2.16. The molecule has 0 radical (unpaired) electrons. The summed E-state index contributed by atoms with van der Waals surface area (Å²) < 4.78 is 18.9. The van der Waals surface area contributed by atoms with E-state index in [1.165, 1.54) is 12.3 Å². The van der Waals surface area contributed by atoms with Gasteiger partial charge in [-0.1, -0.05) is 20.8 Å². The molecule has 0 amide bonds. The van der Waals surface area contributed by atoms with Crippen LogP contribution in [0.3, 0.4) is 0 Å². The smallest absolute Gasteiger partial charge is 0.139 e. The van der Waals surface area contributed by atoms with E-state index in [0.717, 1.165) is 0 Å². The molecule has 4 nitrogen and oxygen atoms in total. The van der Waals surface area contributed by atoms with Crippen molar-refractivity contribution in [2.24, 2.45) is 0 Å². The summed E-state index contributed by atoms with van der Waals surface area (Å²) in [4.78, 5) is 8.25. The fraction of sp³-hybridized carbons (Fsp3) is 0.556. The molecule has 0 aliphatic rings. The van der Waals surface area contributed by atoms with Gasteiger partial charge in [-0.15, -0.1) is 0 Å². The van der Waals surface area contributed by atoms with Crippen molar-refractivity contribution in [3.8, 4) is 0 Å². The van der Waals surface area contributed by atoms with Crippen molar-refractivity contribution in [1.29, 1.82) is 4.78 Å². The van der Waals surface area contributed by atoms with Crippen LogP contribution in [0.15, 0.2) is 17.3 Å². The van der Waals surface area contributed by atoms with Crippen LogP contribution in [0.4, 0.5) is 0 Å². The Labute approximate surface area is 84.8 Å². The summed E-state index contributed by atoms with van der Waals surface area (Å²) in [5.41, 5.74) is -0.180. The van der Waals surface area contributed by atoms with Gasteiger partial charge in [-0.2, -0.15) is 0 Å². The predicted octanol–water partition coefficient (Wildman–Crippen LogP) is 1.81. The van der Waals surface area contributed by atoms with Crippen LogP contribution in [-0.4, -0.2) is 20.4 Å². The normalized spacial score (nSPS) is 16.3. The number of nitrogens with one attached hydrogen (secondary N) is 1. The molecule has 0 unspecified atom stereocenters. The van der Waals surface area contributed by atoms with Crippen molar-refractivity contribution in [2.75, 3.05) is 6.26 Å². The van der Waals surface area contributed by atoms with E-state index >= 15 is 0 Å². The highest BCUT2D eigenvalue weighted by atomic mass is 32.2. The van der Waals surface area contributed by atoms with Crippen LogP contribution >= 0.6 is 0 Å². The van der Waals surface area contributed by atoms with Gasteiger partial charge >= 0.3 is 0 Å². The van der Waals surface area contributed by atoms with E-state index in [4.69, 9.17) is 4.78 Å². The van der Waals surface area contributed by atoms with E-state index < -0.39 is 9.73 Å². The van der Waals surface area contributed by atoms with Crippen molar-refractivity contribution < 1.29 is 4.21 Å². The van der Waals surface area contributed by atoms with Gasteiger partial charge in [-0.25, -0.2) is 19.0 Å². The van der Waals surface area contributed by atoms with Gasteiger partial charge in [0.15, 0.2) is 0 Å². The third-order valence-electron chi connectivity index (χ3n) is 1.70. The second kappa shape index (κ2) is 3.31. The molecule has 1 rings (SSSR count). The Hall–Kier alpha value is -0.970. The Balaban J connectivity index is 3.29. The number of nitrogens with zero attached hydrogens (tertiary/aromatic N) is 2. The Bertz CT molecular complexity index is 432. The molecule has 0 fully saturated rings. The van der Waals surface area contributed by atoms with Gasteiger partial charge in [0.25, 0.3) is 0 Å². The maximum absolute atomic E-state index is 11.4. The van der Waals surface area contributed by atoms with Crippen LogP contribution in [-0.2, 0) is 15.1 Å². The Morgan fingerprint density at radius 3 is 2.43 bits per heavy atom. The molecule has 14 heavy (non-hydrogen) atoms. The number of hydrogen-bond donors (Lipinski definition) is 1. The maximum atomic E-state index is 11.4. The van der Waals surface area contributed by atoms with Crippen LogP contribution in [0.2, 0.25) is 0 Å². The topological polar surface area (TPSA) is 66.7 Å². The van der Waals surface area contributed by atoms with Gasteiger partial charge in [-0.05, 0) is 6.07 Å². The molecule has 0 spiro atoms. The molecule has 0 aliphatic carbocycles. The quantitative estimate of drug-likeness (QED) is 0.723. The molecule has 0 aromatic carbocycles. The van der Waals surface area contributed by atoms with Gasteiger partial charge in [-0.3, -0.25) is 0 Å². The molecule has 0 bridgehead atoms. The Morgan fingerprint density at radius 1 is 1.43 bits per heavy atom. The first kappa shape index (κ1) is 11.1. The van der Waals surface area contributed by atoms with E-state index in [1.54, 1.807) is 6.20 Å². The molecule has 0 aliphatic heterocycles. The molecule has 1 N–H and O–H groups in total. The fourth-order valence-corrected chi connectivity index (χ4v) is 1.50. The first-order valence-corrected chi connectivity index (χ1v) is 6.25. The van der Waals surface area contributed by atoms with Crippen molar-refractivity contribution >= 4 is 9.73 Å². The average Bonchev–Trinajstić information content (AvgIpc) is 2.01. The van der Waals surface area contributed by atoms with Crippen LogP contribution in [0.25, 0.3) is 0 Å². The minimum atomic E-state index is -2.74. The van der Waals surface area contributed by atoms with E-state index in [0.29, 0.717) is 10.9 Å². The molecule has 1 atom stereocenters. The van der Waals surface area contributed by atoms with E-state index in [9.17, 15) is 4.21 Å². The van der Waals surface area contributed by atoms with Gasteiger partial charge in [0.05, 0.1) is 9.73 Å². The summed E-state index contributed by atoms with van der Waals surface area (Å²) in [6.07, 6.45) is 2.92. The Morgan fingerprint density at radius 2 is 2.00 bits per heavy atom. The Kier molecular flexibility index (Phi) is 2.63. The van der Waals surface area contributed by atoms with Gasteiger partial charge < -0.3 is 0 Å². The lowest BCUT2D eigenvalue weighted by Crippen LogP contribution is -2.17. The zero-order valence-corrected chi connectivity index (χ0v) is 9.68. The van der Waals surface area contributed by atoms with Crippen LogP contribution < -0.4 is 0 Å². The third kappa shape index (κ3) is 2.51. The largest absolute Gasteiger partial charge is 0.248 e. The molecule has 0 saturated carbocycles.